The number of fused-ring (bicyclic) bond motifs is 1. The summed E-state index contributed by atoms with van der Waals surface area (Å²) < 4.78 is 1.33. The van der Waals surface area contributed by atoms with Crippen molar-refractivity contribution in [2.75, 3.05) is 0 Å². The molecule has 11 heavy (non-hydrogen) atoms. The van der Waals surface area contributed by atoms with Gasteiger partial charge in [0.15, 0.2) is 0 Å². The standard InChI is InChI=1S/C9H7S.ClH/c1-7-6-10-9-5-3-2-4-8(7)9;/h2-6H,1H2;1H. The Balaban J connectivity index is 0.000000605. The molecule has 0 bridgehead atoms. The summed E-state index contributed by atoms with van der Waals surface area (Å²) in [7, 11) is 0. The lowest BCUT2D eigenvalue weighted by Gasteiger charge is -1.86. The maximum absolute atomic E-state index is 3.92. The van der Waals surface area contributed by atoms with Gasteiger partial charge in [0.2, 0.25) is 0 Å². The number of halogens is 1. The molecule has 0 spiro atoms. The van der Waals surface area contributed by atoms with Gasteiger partial charge in [0.25, 0.3) is 0 Å². The Kier molecular flexibility index (Phi) is 2.53. The summed E-state index contributed by atoms with van der Waals surface area (Å²) in [6.45, 7) is 3.92. The number of benzene rings is 1. The Morgan fingerprint density at radius 3 is 2.64 bits per heavy atom. The van der Waals surface area contributed by atoms with E-state index in [1.165, 1.54) is 10.1 Å². The van der Waals surface area contributed by atoms with Crippen LogP contribution in [0, 0.1) is 6.92 Å². The van der Waals surface area contributed by atoms with E-state index in [9.17, 15) is 0 Å². The minimum atomic E-state index is 0. The van der Waals surface area contributed by atoms with E-state index in [0.29, 0.717) is 0 Å². The van der Waals surface area contributed by atoms with Crippen LogP contribution in [-0.4, -0.2) is 0 Å². The van der Waals surface area contributed by atoms with Crippen LogP contribution in [-0.2, 0) is 0 Å². The van der Waals surface area contributed by atoms with Gasteiger partial charge in [-0.2, -0.15) is 0 Å². The van der Waals surface area contributed by atoms with Crippen molar-refractivity contribution >= 4 is 33.8 Å². The highest BCUT2D eigenvalue weighted by molar-refractivity contribution is 7.17. The maximum atomic E-state index is 3.92. The molecule has 0 aliphatic carbocycles. The summed E-state index contributed by atoms with van der Waals surface area (Å²) in [4.78, 5) is 0. The topological polar surface area (TPSA) is 0 Å². The Morgan fingerprint density at radius 1 is 1.18 bits per heavy atom. The average molecular weight is 184 g/mol. The first-order valence-corrected chi connectivity index (χ1v) is 4.04. The first-order chi connectivity index (χ1) is 4.88. The maximum Gasteiger partial charge on any atom is 0.0345 e. The van der Waals surface area contributed by atoms with Gasteiger partial charge in [-0.15, -0.1) is 23.7 Å². The fourth-order valence-corrected chi connectivity index (χ4v) is 1.91. The predicted molar refractivity (Wildman–Crippen MR) is 53.5 cm³/mol. The van der Waals surface area contributed by atoms with Gasteiger partial charge in [0.05, 0.1) is 0 Å². The lowest BCUT2D eigenvalue weighted by molar-refractivity contribution is 1.80. The van der Waals surface area contributed by atoms with Gasteiger partial charge in [-0.3, -0.25) is 0 Å². The molecule has 0 aliphatic heterocycles. The van der Waals surface area contributed by atoms with E-state index >= 15 is 0 Å². The molecule has 2 aromatic rings. The van der Waals surface area contributed by atoms with Crippen LogP contribution in [0.25, 0.3) is 10.1 Å². The number of hydrogen-bond donors (Lipinski definition) is 0. The molecule has 1 aromatic heterocycles. The van der Waals surface area contributed by atoms with E-state index < -0.39 is 0 Å². The molecular weight excluding hydrogens is 176 g/mol. The third-order valence-electron chi connectivity index (χ3n) is 1.56. The number of rotatable bonds is 0. The second-order valence-corrected chi connectivity index (χ2v) is 3.17. The van der Waals surface area contributed by atoms with Crippen LogP contribution in [0.3, 0.4) is 0 Å². The van der Waals surface area contributed by atoms with Crippen molar-refractivity contribution in [3.63, 3.8) is 0 Å². The molecule has 0 unspecified atom stereocenters. The van der Waals surface area contributed by atoms with E-state index in [1.54, 1.807) is 11.3 Å². The summed E-state index contributed by atoms with van der Waals surface area (Å²) in [5.74, 6) is 0. The van der Waals surface area contributed by atoms with Gasteiger partial charge in [-0.25, -0.2) is 0 Å². The molecule has 1 radical (unpaired) electrons. The van der Waals surface area contributed by atoms with Crippen molar-refractivity contribution in [2.24, 2.45) is 0 Å². The molecule has 0 fully saturated rings. The zero-order chi connectivity index (χ0) is 6.97. The Labute approximate surface area is 76.3 Å². The van der Waals surface area contributed by atoms with Gasteiger partial charge < -0.3 is 0 Å². The first kappa shape index (κ1) is 8.57. The Morgan fingerprint density at radius 2 is 1.91 bits per heavy atom. The number of thiophene rings is 1. The van der Waals surface area contributed by atoms with Crippen LogP contribution >= 0.6 is 23.7 Å². The second kappa shape index (κ2) is 3.24. The van der Waals surface area contributed by atoms with Crippen molar-refractivity contribution < 1.29 is 0 Å². The predicted octanol–water partition coefficient (Wildman–Crippen LogP) is 3.51. The highest BCUT2D eigenvalue weighted by Gasteiger charge is 1.95. The minimum absolute atomic E-state index is 0. The molecule has 57 valence electrons. The molecule has 0 atom stereocenters. The minimum Gasteiger partial charge on any atom is -0.147 e. The van der Waals surface area contributed by atoms with Gasteiger partial charge in [-0.05, 0) is 29.3 Å². The van der Waals surface area contributed by atoms with Gasteiger partial charge >= 0.3 is 0 Å². The van der Waals surface area contributed by atoms with Gasteiger partial charge in [0.1, 0.15) is 0 Å². The lowest BCUT2D eigenvalue weighted by Crippen LogP contribution is -1.63. The highest BCUT2D eigenvalue weighted by atomic mass is 35.5. The molecule has 0 saturated heterocycles. The van der Waals surface area contributed by atoms with E-state index in [1.807, 2.05) is 6.07 Å². The van der Waals surface area contributed by atoms with E-state index in [2.05, 4.69) is 30.5 Å². The summed E-state index contributed by atoms with van der Waals surface area (Å²) in [6.07, 6.45) is 0. The Bertz CT molecular complexity index is 351. The molecule has 0 amide bonds. The summed E-state index contributed by atoms with van der Waals surface area (Å²) >= 11 is 1.75. The van der Waals surface area contributed by atoms with Crippen LogP contribution < -0.4 is 0 Å². The molecule has 0 N–H and O–H groups in total. The molecule has 0 saturated carbocycles. The van der Waals surface area contributed by atoms with Crippen molar-refractivity contribution in [1.29, 1.82) is 0 Å². The normalized spacial score (nSPS) is 9.55. The fourth-order valence-electron chi connectivity index (χ4n) is 1.03. The lowest BCUT2D eigenvalue weighted by atomic mass is 10.2. The molecular formula is C9H8ClS. The van der Waals surface area contributed by atoms with Crippen LogP contribution in [0.5, 0.6) is 0 Å². The molecule has 0 nitrogen and oxygen atoms in total. The van der Waals surface area contributed by atoms with Gasteiger partial charge in [0, 0.05) is 4.70 Å². The third-order valence-corrected chi connectivity index (χ3v) is 2.57. The number of hydrogen-bond acceptors (Lipinski definition) is 1. The second-order valence-electron chi connectivity index (χ2n) is 2.26. The van der Waals surface area contributed by atoms with Crippen LogP contribution in [0.4, 0.5) is 0 Å². The van der Waals surface area contributed by atoms with E-state index in [0.717, 1.165) is 5.56 Å². The van der Waals surface area contributed by atoms with Crippen molar-refractivity contribution in [3.05, 3.63) is 42.1 Å². The smallest absolute Gasteiger partial charge is 0.0345 e. The quantitative estimate of drug-likeness (QED) is 0.587. The van der Waals surface area contributed by atoms with Crippen LogP contribution in [0.2, 0.25) is 0 Å². The molecule has 0 aliphatic rings. The van der Waals surface area contributed by atoms with Crippen molar-refractivity contribution in [1.82, 2.24) is 0 Å². The zero-order valence-electron chi connectivity index (χ0n) is 5.91. The van der Waals surface area contributed by atoms with Crippen LogP contribution in [0.15, 0.2) is 29.6 Å². The average Bonchev–Trinajstić information content (AvgIpc) is 2.34. The first-order valence-electron chi connectivity index (χ1n) is 3.16. The van der Waals surface area contributed by atoms with E-state index in [-0.39, 0.29) is 12.4 Å². The van der Waals surface area contributed by atoms with Crippen molar-refractivity contribution in [3.8, 4) is 0 Å². The summed E-state index contributed by atoms with van der Waals surface area (Å²) in [5, 5.41) is 3.37. The fraction of sp³-hybridized carbons (Fsp3) is 0. The van der Waals surface area contributed by atoms with Crippen LogP contribution in [0.1, 0.15) is 5.56 Å². The monoisotopic (exact) mass is 183 g/mol. The summed E-state index contributed by atoms with van der Waals surface area (Å²) in [6, 6.07) is 8.32. The zero-order valence-corrected chi connectivity index (χ0v) is 7.54. The highest BCUT2D eigenvalue weighted by Crippen LogP contribution is 2.24. The Hall–Kier alpha value is -0.530. The van der Waals surface area contributed by atoms with Crippen molar-refractivity contribution in [2.45, 2.75) is 0 Å². The SMILES string of the molecule is Cl.[CH2]c1csc2ccccc12. The molecule has 2 heteroatoms. The third kappa shape index (κ3) is 1.39. The molecule has 1 heterocycles. The van der Waals surface area contributed by atoms with Gasteiger partial charge in [-0.1, -0.05) is 18.2 Å². The molecule has 1 aromatic carbocycles. The largest absolute Gasteiger partial charge is 0.147 e. The summed E-state index contributed by atoms with van der Waals surface area (Å²) in [5.41, 5.74) is 1.14. The molecule has 2 rings (SSSR count). The van der Waals surface area contributed by atoms with E-state index in [4.69, 9.17) is 0 Å².